The van der Waals surface area contributed by atoms with Gasteiger partial charge in [0.15, 0.2) is 17.6 Å². The minimum atomic E-state index is -1.71. The summed E-state index contributed by atoms with van der Waals surface area (Å²) in [5, 5.41) is 6.32. The molecule has 8 nitrogen and oxygen atoms in total. The Labute approximate surface area is 232 Å². The van der Waals surface area contributed by atoms with Crippen molar-refractivity contribution in [2.24, 2.45) is 10.5 Å². The zero-order valence-electron chi connectivity index (χ0n) is 23.0. The van der Waals surface area contributed by atoms with Gasteiger partial charge in [0, 0.05) is 28.7 Å². The SMILES string of the molecule is COc1ccc([C@@H]2[C@@H](C(=O)OC(C)(C)C)N3N=Cc4ccccc4C3C23C(=O)c2ccccc2C3=O)c(OC)c1. The summed E-state index contributed by atoms with van der Waals surface area (Å²) in [4.78, 5) is 43.6. The molecule has 1 aliphatic carbocycles. The molecule has 1 fully saturated rings. The van der Waals surface area contributed by atoms with E-state index in [0.717, 1.165) is 11.1 Å². The van der Waals surface area contributed by atoms with Crippen LogP contribution >= 0.6 is 0 Å². The van der Waals surface area contributed by atoms with E-state index >= 15 is 0 Å². The van der Waals surface area contributed by atoms with Gasteiger partial charge in [-0.25, -0.2) is 4.79 Å². The predicted molar refractivity (Wildman–Crippen MR) is 148 cm³/mol. The third kappa shape index (κ3) is 3.51. The Morgan fingerprint density at radius 2 is 1.52 bits per heavy atom. The second-order valence-electron chi connectivity index (χ2n) is 11.3. The molecule has 2 aliphatic heterocycles. The van der Waals surface area contributed by atoms with Crippen molar-refractivity contribution in [1.82, 2.24) is 5.01 Å². The summed E-state index contributed by atoms with van der Waals surface area (Å²) in [5.74, 6) is -1.32. The van der Waals surface area contributed by atoms with Crippen LogP contribution in [-0.4, -0.2) is 54.6 Å². The average Bonchev–Trinajstić information content (AvgIpc) is 3.38. The first-order valence-corrected chi connectivity index (χ1v) is 13.2. The maximum absolute atomic E-state index is 14.7. The quantitative estimate of drug-likeness (QED) is 0.342. The molecular weight excluding hydrogens is 508 g/mol. The molecule has 40 heavy (non-hydrogen) atoms. The summed E-state index contributed by atoms with van der Waals surface area (Å²) in [7, 11) is 3.05. The lowest BCUT2D eigenvalue weighted by atomic mass is 9.63. The second-order valence-corrected chi connectivity index (χ2v) is 11.3. The van der Waals surface area contributed by atoms with Crippen molar-refractivity contribution in [3.05, 3.63) is 94.5 Å². The fraction of sp³-hybridized carbons (Fsp3) is 0.312. The average molecular weight is 539 g/mol. The molecule has 8 heteroatoms. The molecule has 0 bridgehead atoms. The smallest absolute Gasteiger partial charge is 0.331 e. The number of ketones is 2. The number of methoxy groups -OCH3 is 2. The third-order valence-electron chi connectivity index (χ3n) is 8.00. The van der Waals surface area contributed by atoms with Gasteiger partial charge in [0.1, 0.15) is 22.5 Å². The summed E-state index contributed by atoms with van der Waals surface area (Å²) in [6, 6.07) is 17.6. The van der Waals surface area contributed by atoms with Crippen molar-refractivity contribution in [2.75, 3.05) is 14.2 Å². The van der Waals surface area contributed by atoms with E-state index in [9.17, 15) is 14.4 Å². The van der Waals surface area contributed by atoms with Crippen molar-refractivity contribution in [1.29, 1.82) is 0 Å². The van der Waals surface area contributed by atoms with E-state index in [4.69, 9.17) is 19.3 Å². The monoisotopic (exact) mass is 538 g/mol. The Morgan fingerprint density at radius 3 is 2.15 bits per heavy atom. The topological polar surface area (TPSA) is 94.5 Å². The summed E-state index contributed by atoms with van der Waals surface area (Å²) in [6.07, 6.45) is 1.67. The maximum Gasteiger partial charge on any atom is 0.331 e. The summed E-state index contributed by atoms with van der Waals surface area (Å²) in [5.41, 5.74) is 0.196. The van der Waals surface area contributed by atoms with Crippen LogP contribution in [0.25, 0.3) is 0 Å². The van der Waals surface area contributed by atoms with Gasteiger partial charge >= 0.3 is 5.97 Å². The number of hydrogen-bond acceptors (Lipinski definition) is 8. The van der Waals surface area contributed by atoms with Crippen molar-refractivity contribution < 1.29 is 28.6 Å². The number of benzene rings is 3. The van der Waals surface area contributed by atoms with Gasteiger partial charge in [-0.1, -0.05) is 54.6 Å². The van der Waals surface area contributed by atoms with Gasteiger partial charge < -0.3 is 14.2 Å². The first-order chi connectivity index (χ1) is 19.1. The standard InChI is InChI=1S/C32H30N2O6/c1-31(2,3)40-30(37)26-25(23-15-14-19(38-4)16-24(23)39-5)32(28(35)21-12-8-9-13-22(21)29(32)36)27-20-11-7-6-10-18(20)17-33-34(26)27/h6-17,25-27H,1-5H3/t25-,26+,27?/m1/s1. The molecule has 3 aliphatic rings. The van der Waals surface area contributed by atoms with Gasteiger partial charge in [0.2, 0.25) is 0 Å². The number of hydrogen-bond donors (Lipinski definition) is 0. The Kier molecular flexibility index (Phi) is 5.83. The minimum Gasteiger partial charge on any atom is -0.497 e. The molecule has 0 radical (unpaired) electrons. The summed E-state index contributed by atoms with van der Waals surface area (Å²) in [6.45, 7) is 5.35. The molecule has 1 saturated heterocycles. The number of carbonyl (C=O) groups is 3. The van der Waals surface area contributed by atoms with Crippen molar-refractivity contribution >= 4 is 23.8 Å². The third-order valence-corrected chi connectivity index (χ3v) is 8.00. The van der Waals surface area contributed by atoms with Crippen LogP contribution < -0.4 is 9.47 Å². The molecule has 0 amide bonds. The Balaban J connectivity index is 1.70. The molecule has 2 heterocycles. The van der Waals surface area contributed by atoms with Crippen molar-refractivity contribution in [2.45, 2.75) is 44.4 Å². The van der Waals surface area contributed by atoms with Crippen LogP contribution in [-0.2, 0) is 9.53 Å². The number of rotatable bonds is 4. The molecule has 0 saturated carbocycles. The van der Waals surface area contributed by atoms with Gasteiger partial charge in [-0.05, 0) is 38.0 Å². The highest BCUT2D eigenvalue weighted by atomic mass is 16.6. The number of hydrazone groups is 1. The van der Waals surface area contributed by atoms with E-state index in [1.165, 1.54) is 7.11 Å². The lowest BCUT2D eigenvalue weighted by Crippen LogP contribution is -2.44. The Hall–Kier alpha value is -4.46. The lowest BCUT2D eigenvalue weighted by Gasteiger charge is -2.36. The van der Waals surface area contributed by atoms with E-state index in [-0.39, 0.29) is 11.6 Å². The lowest BCUT2D eigenvalue weighted by molar-refractivity contribution is -0.161. The molecule has 0 aromatic heterocycles. The molecule has 1 spiro atoms. The van der Waals surface area contributed by atoms with Crippen molar-refractivity contribution in [3.8, 4) is 11.5 Å². The Bertz CT molecular complexity index is 1550. The van der Waals surface area contributed by atoms with Crippen molar-refractivity contribution in [3.63, 3.8) is 0 Å². The largest absolute Gasteiger partial charge is 0.497 e. The fourth-order valence-electron chi connectivity index (χ4n) is 6.53. The number of carbonyl (C=O) groups excluding carboxylic acids is 3. The summed E-state index contributed by atoms with van der Waals surface area (Å²) < 4.78 is 17.2. The van der Waals surface area contributed by atoms with E-state index in [0.29, 0.717) is 28.2 Å². The number of esters is 1. The molecule has 3 aromatic rings. The van der Waals surface area contributed by atoms with Crippen LogP contribution in [0.4, 0.5) is 0 Å². The molecular formula is C32H30N2O6. The molecule has 6 rings (SSSR count). The minimum absolute atomic E-state index is 0.335. The molecule has 3 aromatic carbocycles. The van der Waals surface area contributed by atoms with Crippen LogP contribution in [0.2, 0.25) is 0 Å². The highest BCUT2D eigenvalue weighted by Crippen LogP contribution is 2.65. The normalized spacial score (nSPS) is 22.1. The summed E-state index contributed by atoms with van der Waals surface area (Å²) >= 11 is 0. The molecule has 204 valence electrons. The highest BCUT2D eigenvalue weighted by Gasteiger charge is 2.73. The zero-order chi connectivity index (χ0) is 28.4. The van der Waals surface area contributed by atoms with E-state index in [1.807, 2.05) is 24.3 Å². The fourth-order valence-corrected chi connectivity index (χ4v) is 6.53. The van der Waals surface area contributed by atoms with Gasteiger partial charge in [0.05, 0.1) is 26.5 Å². The first-order valence-electron chi connectivity index (χ1n) is 13.2. The van der Waals surface area contributed by atoms with Gasteiger partial charge in [-0.2, -0.15) is 5.10 Å². The molecule has 1 unspecified atom stereocenters. The number of Topliss-reactive ketones (excluding diaryl/α,β-unsaturated/α-hetero) is 2. The van der Waals surface area contributed by atoms with Crippen LogP contribution in [0, 0.1) is 5.41 Å². The van der Waals surface area contributed by atoms with Crippen LogP contribution in [0.15, 0.2) is 71.8 Å². The van der Waals surface area contributed by atoms with Gasteiger partial charge in [-0.3, -0.25) is 14.6 Å². The number of ether oxygens (including phenoxy) is 3. The van der Waals surface area contributed by atoms with Gasteiger partial charge in [-0.15, -0.1) is 0 Å². The predicted octanol–water partition coefficient (Wildman–Crippen LogP) is 4.97. The highest BCUT2D eigenvalue weighted by molar-refractivity contribution is 6.31. The van der Waals surface area contributed by atoms with Crippen LogP contribution in [0.5, 0.6) is 11.5 Å². The van der Waals surface area contributed by atoms with Crippen LogP contribution in [0.1, 0.15) is 70.1 Å². The first kappa shape index (κ1) is 25.8. The number of fused-ring (bicyclic) bond motifs is 5. The van der Waals surface area contributed by atoms with E-state index < -0.39 is 35.0 Å². The maximum atomic E-state index is 14.7. The zero-order valence-corrected chi connectivity index (χ0v) is 23.0. The second kappa shape index (κ2) is 9.05. The number of nitrogens with zero attached hydrogens (tertiary/aromatic N) is 2. The van der Waals surface area contributed by atoms with E-state index in [1.54, 1.807) is 81.6 Å². The van der Waals surface area contributed by atoms with Gasteiger partial charge in [0.25, 0.3) is 0 Å². The molecule has 3 atom stereocenters. The van der Waals surface area contributed by atoms with Crippen LogP contribution in [0.3, 0.4) is 0 Å². The molecule has 0 N–H and O–H groups in total. The van der Waals surface area contributed by atoms with E-state index in [2.05, 4.69) is 0 Å². The Morgan fingerprint density at radius 1 is 0.875 bits per heavy atom.